The number of hydrogen-bond acceptors (Lipinski definition) is 4. The molecule has 0 N–H and O–H groups in total. The van der Waals surface area contributed by atoms with E-state index in [1.165, 1.54) is 5.56 Å². The van der Waals surface area contributed by atoms with E-state index in [2.05, 4.69) is 34.2 Å². The van der Waals surface area contributed by atoms with Gasteiger partial charge in [-0.05, 0) is 25.5 Å². The normalized spacial score (nSPS) is 10.9. The molecule has 0 spiro atoms. The number of anilines is 2. The highest BCUT2D eigenvalue weighted by Crippen LogP contribution is 2.27. The van der Waals surface area contributed by atoms with Gasteiger partial charge in [0.05, 0.1) is 0 Å². The van der Waals surface area contributed by atoms with E-state index in [1.54, 1.807) is 6.20 Å². The summed E-state index contributed by atoms with van der Waals surface area (Å²) < 4.78 is 1.94. The lowest BCUT2D eigenvalue weighted by atomic mass is 10.2. The number of aromatic nitrogens is 4. The Hall–Kier alpha value is -2.43. The van der Waals surface area contributed by atoms with Crippen LogP contribution in [0.25, 0.3) is 5.65 Å². The molecule has 0 bridgehead atoms. The zero-order chi connectivity index (χ0) is 13.4. The first-order valence-corrected chi connectivity index (χ1v) is 6.14. The molecule has 0 aliphatic rings. The maximum absolute atomic E-state index is 4.44. The van der Waals surface area contributed by atoms with E-state index in [0.717, 1.165) is 23.0 Å². The third-order valence-electron chi connectivity index (χ3n) is 3.27. The van der Waals surface area contributed by atoms with Crippen molar-refractivity contribution in [1.29, 1.82) is 0 Å². The minimum atomic E-state index is 0.769. The minimum absolute atomic E-state index is 0.769. The van der Waals surface area contributed by atoms with Crippen LogP contribution in [-0.4, -0.2) is 26.6 Å². The van der Waals surface area contributed by atoms with E-state index >= 15 is 0 Å². The molecular weight excluding hydrogens is 238 g/mol. The van der Waals surface area contributed by atoms with Crippen molar-refractivity contribution in [3.8, 4) is 0 Å². The van der Waals surface area contributed by atoms with Gasteiger partial charge in [0, 0.05) is 25.1 Å². The van der Waals surface area contributed by atoms with Crippen LogP contribution in [0, 0.1) is 13.8 Å². The molecule has 96 valence electrons. The molecule has 5 nitrogen and oxygen atoms in total. The molecule has 2 heterocycles. The maximum atomic E-state index is 4.44. The molecule has 0 aliphatic heterocycles. The topological polar surface area (TPSA) is 46.3 Å². The third kappa shape index (κ3) is 1.83. The lowest BCUT2D eigenvalue weighted by Crippen LogP contribution is -2.14. The highest BCUT2D eigenvalue weighted by Gasteiger charge is 2.14. The second-order valence-corrected chi connectivity index (χ2v) is 4.54. The molecule has 2 aromatic heterocycles. The highest BCUT2D eigenvalue weighted by atomic mass is 15.3. The van der Waals surface area contributed by atoms with Crippen molar-refractivity contribution < 1.29 is 0 Å². The minimum Gasteiger partial charge on any atom is -0.326 e. The van der Waals surface area contributed by atoms with Crippen LogP contribution in [0.4, 0.5) is 11.5 Å². The van der Waals surface area contributed by atoms with Gasteiger partial charge in [-0.25, -0.2) is 4.98 Å². The molecule has 19 heavy (non-hydrogen) atoms. The van der Waals surface area contributed by atoms with Gasteiger partial charge in [0.25, 0.3) is 0 Å². The molecule has 0 amide bonds. The van der Waals surface area contributed by atoms with Crippen molar-refractivity contribution in [3.05, 3.63) is 48.0 Å². The van der Waals surface area contributed by atoms with Crippen LogP contribution in [0.1, 0.15) is 11.4 Å². The lowest BCUT2D eigenvalue weighted by Gasteiger charge is -2.20. The van der Waals surface area contributed by atoms with Crippen LogP contribution in [0.5, 0.6) is 0 Å². The van der Waals surface area contributed by atoms with Crippen molar-refractivity contribution in [1.82, 2.24) is 19.6 Å². The number of nitrogens with zero attached hydrogens (tertiary/aromatic N) is 5. The van der Waals surface area contributed by atoms with Crippen molar-refractivity contribution in [2.24, 2.45) is 0 Å². The Labute approximate surface area is 111 Å². The van der Waals surface area contributed by atoms with Crippen LogP contribution in [0.2, 0.25) is 0 Å². The van der Waals surface area contributed by atoms with Crippen molar-refractivity contribution in [3.63, 3.8) is 0 Å². The van der Waals surface area contributed by atoms with E-state index < -0.39 is 0 Å². The number of rotatable bonds is 2. The summed E-state index contributed by atoms with van der Waals surface area (Å²) in [5, 5.41) is 8.30. The van der Waals surface area contributed by atoms with E-state index in [1.807, 2.05) is 41.6 Å². The van der Waals surface area contributed by atoms with Gasteiger partial charge in [-0.15, -0.1) is 10.2 Å². The van der Waals surface area contributed by atoms with Crippen LogP contribution >= 0.6 is 0 Å². The van der Waals surface area contributed by atoms with Gasteiger partial charge in [0.2, 0.25) is 5.65 Å². The molecule has 5 heteroatoms. The summed E-state index contributed by atoms with van der Waals surface area (Å²) in [5.74, 6) is 1.66. The first kappa shape index (κ1) is 11.6. The predicted octanol–water partition coefficient (Wildman–Crippen LogP) is 2.51. The second kappa shape index (κ2) is 4.35. The fraction of sp³-hybridized carbons (Fsp3) is 0.214. The van der Waals surface area contributed by atoms with Gasteiger partial charge < -0.3 is 4.90 Å². The number of fused-ring (bicyclic) bond motifs is 1. The van der Waals surface area contributed by atoms with Crippen LogP contribution in [0.15, 0.2) is 36.7 Å². The van der Waals surface area contributed by atoms with Gasteiger partial charge in [0.1, 0.15) is 5.82 Å². The van der Waals surface area contributed by atoms with Crippen molar-refractivity contribution in [2.75, 3.05) is 11.9 Å². The van der Waals surface area contributed by atoms with E-state index in [0.29, 0.717) is 0 Å². The molecule has 1 aromatic carbocycles. The first-order chi connectivity index (χ1) is 9.18. The number of para-hydroxylation sites is 1. The van der Waals surface area contributed by atoms with E-state index in [4.69, 9.17) is 0 Å². The Balaban J connectivity index is 2.17. The number of aryl methyl sites for hydroxylation is 2. The Kier molecular flexibility index (Phi) is 2.67. The summed E-state index contributed by atoms with van der Waals surface area (Å²) in [6.07, 6.45) is 3.65. The fourth-order valence-corrected chi connectivity index (χ4v) is 2.22. The zero-order valence-corrected chi connectivity index (χ0v) is 11.2. The number of hydrogen-bond donors (Lipinski definition) is 0. The van der Waals surface area contributed by atoms with Gasteiger partial charge in [-0.3, -0.25) is 4.40 Å². The molecule has 3 rings (SSSR count). The summed E-state index contributed by atoms with van der Waals surface area (Å²) in [6, 6.07) is 8.21. The zero-order valence-electron chi connectivity index (χ0n) is 11.2. The Bertz CT molecular complexity index is 732. The molecule has 0 aliphatic carbocycles. The monoisotopic (exact) mass is 253 g/mol. The van der Waals surface area contributed by atoms with E-state index in [9.17, 15) is 0 Å². The molecule has 0 atom stereocenters. The summed E-state index contributed by atoms with van der Waals surface area (Å²) in [4.78, 5) is 6.48. The molecule has 3 aromatic rings. The molecule has 0 radical (unpaired) electrons. The Morgan fingerprint density at radius 1 is 1.11 bits per heavy atom. The first-order valence-electron chi connectivity index (χ1n) is 6.14. The molecule has 0 fully saturated rings. The van der Waals surface area contributed by atoms with Gasteiger partial charge in [0.15, 0.2) is 5.82 Å². The smallest absolute Gasteiger partial charge is 0.204 e. The molecular formula is C14H15N5. The average molecular weight is 253 g/mol. The highest BCUT2D eigenvalue weighted by molar-refractivity contribution is 5.73. The molecule has 0 saturated carbocycles. The maximum Gasteiger partial charge on any atom is 0.204 e. The molecule has 0 unspecified atom stereocenters. The van der Waals surface area contributed by atoms with Gasteiger partial charge >= 0.3 is 0 Å². The largest absolute Gasteiger partial charge is 0.326 e. The van der Waals surface area contributed by atoms with Crippen molar-refractivity contribution in [2.45, 2.75) is 13.8 Å². The summed E-state index contributed by atoms with van der Waals surface area (Å²) in [5.41, 5.74) is 3.08. The standard InChI is InChI=1S/C14H15N5/c1-10-6-4-5-7-12(10)18(3)13-14-17-16-11(2)19(14)9-8-15-13/h4-9H,1-3H3. The summed E-state index contributed by atoms with van der Waals surface area (Å²) in [6.45, 7) is 4.01. The summed E-state index contributed by atoms with van der Waals surface area (Å²) >= 11 is 0. The fourth-order valence-electron chi connectivity index (χ4n) is 2.22. The van der Waals surface area contributed by atoms with Gasteiger partial charge in [-0.1, -0.05) is 18.2 Å². The Morgan fingerprint density at radius 3 is 2.68 bits per heavy atom. The number of benzene rings is 1. The second-order valence-electron chi connectivity index (χ2n) is 4.54. The predicted molar refractivity (Wildman–Crippen MR) is 74.8 cm³/mol. The van der Waals surface area contributed by atoms with Crippen LogP contribution < -0.4 is 4.90 Å². The summed E-state index contributed by atoms with van der Waals surface area (Å²) in [7, 11) is 1.99. The SMILES string of the molecule is Cc1ccccc1N(C)c1nccn2c(C)nnc12. The molecule has 0 saturated heterocycles. The quantitative estimate of drug-likeness (QED) is 0.704. The van der Waals surface area contributed by atoms with Crippen LogP contribution in [-0.2, 0) is 0 Å². The van der Waals surface area contributed by atoms with Crippen LogP contribution in [0.3, 0.4) is 0 Å². The van der Waals surface area contributed by atoms with Crippen molar-refractivity contribution >= 4 is 17.2 Å². The Morgan fingerprint density at radius 2 is 1.89 bits per heavy atom. The van der Waals surface area contributed by atoms with Gasteiger partial charge in [-0.2, -0.15) is 0 Å². The third-order valence-corrected chi connectivity index (χ3v) is 3.27. The average Bonchev–Trinajstić information content (AvgIpc) is 2.80. The lowest BCUT2D eigenvalue weighted by molar-refractivity contribution is 0.998. The van der Waals surface area contributed by atoms with E-state index in [-0.39, 0.29) is 0 Å².